The molecule has 1 atom stereocenters. The molecule has 0 saturated carbocycles. The molecule has 5 rings (SSSR count). The molecular weight excluding hydrogens is 507 g/mol. The zero-order chi connectivity index (χ0) is 25.2. The van der Waals surface area contributed by atoms with Crippen LogP contribution in [0, 0.1) is 0 Å². The monoisotopic (exact) mass is 528 g/mol. The summed E-state index contributed by atoms with van der Waals surface area (Å²) < 4.78 is 5.38. The number of carbonyl (C=O) groups is 2. The molecule has 1 amide bonds. The summed E-state index contributed by atoms with van der Waals surface area (Å²) in [7, 11) is 0. The van der Waals surface area contributed by atoms with Gasteiger partial charge >= 0.3 is 5.97 Å². The maximum atomic E-state index is 12.9. The minimum Gasteiger partial charge on any atom is -0.480 e. The Hall–Kier alpha value is -3.47. The number of imidazole rings is 1. The first-order chi connectivity index (χ1) is 17.4. The number of nitrogens with one attached hydrogen (secondary N) is 2. The Morgan fingerprint density at radius 2 is 1.94 bits per heavy atom. The molecule has 0 bridgehead atoms. The highest BCUT2D eigenvalue weighted by Gasteiger charge is 2.24. The Morgan fingerprint density at radius 1 is 1.14 bits per heavy atom. The second kappa shape index (κ2) is 10.3. The van der Waals surface area contributed by atoms with Crippen molar-refractivity contribution in [3.8, 4) is 0 Å². The van der Waals surface area contributed by atoms with Gasteiger partial charge in [0.1, 0.15) is 30.6 Å². The third-order valence-electron chi connectivity index (χ3n) is 5.96. The largest absolute Gasteiger partial charge is 0.480 e. The van der Waals surface area contributed by atoms with Gasteiger partial charge in [-0.05, 0) is 43.2 Å². The average Bonchev–Trinajstić information content (AvgIpc) is 3.53. The predicted molar refractivity (Wildman–Crippen MR) is 136 cm³/mol. The molecule has 1 fully saturated rings. The molecule has 2 aromatic carbocycles. The number of carbonyl (C=O) groups excluding carboxylic acids is 1. The number of aromatic amines is 1. The van der Waals surface area contributed by atoms with Gasteiger partial charge in [-0.2, -0.15) is 0 Å². The molecule has 2 aromatic heterocycles. The van der Waals surface area contributed by atoms with Crippen molar-refractivity contribution in [2.75, 3.05) is 31.6 Å². The average molecular weight is 529 g/mol. The lowest BCUT2D eigenvalue weighted by Gasteiger charge is -2.19. The van der Waals surface area contributed by atoms with Gasteiger partial charge in [0.05, 0.1) is 33.7 Å². The third-order valence-corrected chi connectivity index (χ3v) is 6.51. The molecule has 3 N–H and O–H groups in total. The van der Waals surface area contributed by atoms with Crippen molar-refractivity contribution in [1.82, 2.24) is 24.8 Å². The molecule has 0 spiro atoms. The van der Waals surface area contributed by atoms with Crippen LogP contribution < -0.4 is 5.32 Å². The van der Waals surface area contributed by atoms with E-state index in [1.54, 1.807) is 29.2 Å². The number of amides is 1. The van der Waals surface area contributed by atoms with Crippen LogP contribution in [0.15, 0.2) is 36.7 Å². The van der Waals surface area contributed by atoms with Gasteiger partial charge in [-0.3, -0.25) is 4.79 Å². The van der Waals surface area contributed by atoms with E-state index in [-0.39, 0.29) is 12.5 Å². The van der Waals surface area contributed by atoms with Crippen LogP contribution in [0.25, 0.3) is 21.9 Å². The van der Waals surface area contributed by atoms with Crippen LogP contribution in [-0.4, -0.2) is 68.1 Å². The van der Waals surface area contributed by atoms with E-state index in [9.17, 15) is 9.59 Å². The van der Waals surface area contributed by atoms with Gasteiger partial charge in [-0.1, -0.05) is 23.2 Å². The minimum atomic E-state index is -1.08. The first kappa shape index (κ1) is 24.2. The molecular formula is C24H22Cl2N6O4. The number of benzene rings is 2. The normalized spacial score (nSPS) is 14.4. The lowest BCUT2D eigenvalue weighted by Crippen LogP contribution is -2.27. The number of aliphatic carboxylic acids is 1. The maximum Gasteiger partial charge on any atom is 0.329 e. The molecule has 10 nitrogen and oxygen atoms in total. The molecule has 4 aromatic rings. The Balaban J connectivity index is 1.48. The summed E-state index contributed by atoms with van der Waals surface area (Å²) in [6, 6.07) is 8.03. The van der Waals surface area contributed by atoms with Gasteiger partial charge in [0.15, 0.2) is 0 Å². The Kier molecular flexibility index (Phi) is 6.90. The van der Waals surface area contributed by atoms with E-state index in [0.717, 1.165) is 18.4 Å². The fraction of sp³-hybridized carbons (Fsp3) is 0.292. The van der Waals surface area contributed by atoms with E-state index in [1.165, 1.54) is 6.33 Å². The number of anilines is 1. The topological polar surface area (TPSA) is 133 Å². The smallest absolute Gasteiger partial charge is 0.329 e. The van der Waals surface area contributed by atoms with Crippen LogP contribution in [-0.2, 0) is 9.53 Å². The Bertz CT molecular complexity index is 1450. The summed E-state index contributed by atoms with van der Waals surface area (Å²) in [5, 5.41) is 13.7. The molecule has 3 heterocycles. The SMILES string of the molecule is O=C(O)COC[C@H](Nc1ncnc2cc(C(=O)N3CCCC3)c(Cl)cc12)c1nc2cc(Cl)ccc2[nH]1. The molecule has 186 valence electrons. The number of H-pyrrole nitrogens is 1. The molecule has 36 heavy (non-hydrogen) atoms. The van der Waals surface area contributed by atoms with Crippen LogP contribution in [0.4, 0.5) is 5.82 Å². The molecule has 12 heteroatoms. The van der Waals surface area contributed by atoms with Crippen molar-refractivity contribution >= 4 is 62.8 Å². The minimum absolute atomic E-state index is 0.00931. The quantitative estimate of drug-likeness (QED) is 0.308. The molecule has 0 unspecified atom stereocenters. The van der Waals surface area contributed by atoms with Crippen molar-refractivity contribution in [3.63, 3.8) is 0 Å². The first-order valence-electron chi connectivity index (χ1n) is 11.3. The van der Waals surface area contributed by atoms with Crippen molar-refractivity contribution in [2.24, 2.45) is 0 Å². The standard InChI is InChI=1S/C24H22Cl2N6O4/c25-13-3-4-17-19(7-13)30-23(29-17)20(10-36-11-21(33)34)31-22-15-8-16(26)14(9-18(15)27-12-28-22)24(35)32-5-1-2-6-32/h3-4,7-9,12,20H,1-2,5-6,10-11H2,(H,29,30)(H,33,34)(H,27,28,31)/t20-/m0/s1. The van der Waals surface area contributed by atoms with E-state index in [0.29, 0.717) is 56.8 Å². The molecule has 0 aliphatic carbocycles. The van der Waals surface area contributed by atoms with E-state index in [1.807, 2.05) is 6.07 Å². The molecule has 1 aliphatic heterocycles. The molecule has 1 aliphatic rings. The fourth-order valence-corrected chi connectivity index (χ4v) is 4.64. The van der Waals surface area contributed by atoms with Gasteiger partial charge in [0.25, 0.3) is 5.91 Å². The van der Waals surface area contributed by atoms with E-state index in [4.69, 9.17) is 33.0 Å². The Labute approximate surface area is 215 Å². The van der Waals surface area contributed by atoms with E-state index in [2.05, 4.69) is 25.3 Å². The number of ether oxygens (including phenoxy) is 1. The van der Waals surface area contributed by atoms with Gasteiger partial charge in [0.2, 0.25) is 0 Å². The van der Waals surface area contributed by atoms with Crippen molar-refractivity contribution in [2.45, 2.75) is 18.9 Å². The molecule has 1 saturated heterocycles. The summed E-state index contributed by atoms with van der Waals surface area (Å²) in [6.07, 6.45) is 3.34. The van der Waals surface area contributed by atoms with Gasteiger partial charge < -0.3 is 25.0 Å². The van der Waals surface area contributed by atoms with Gasteiger partial charge in [-0.15, -0.1) is 0 Å². The lowest BCUT2D eigenvalue weighted by molar-refractivity contribution is -0.142. The number of carboxylic acids is 1. The number of rotatable bonds is 8. The number of likely N-dealkylation sites (tertiary alicyclic amines) is 1. The van der Waals surface area contributed by atoms with Gasteiger partial charge in [-0.25, -0.2) is 19.7 Å². The van der Waals surface area contributed by atoms with Crippen LogP contribution in [0.1, 0.15) is 35.1 Å². The number of aromatic nitrogens is 4. The summed E-state index contributed by atoms with van der Waals surface area (Å²) in [5.41, 5.74) is 2.36. The lowest BCUT2D eigenvalue weighted by atomic mass is 10.1. The van der Waals surface area contributed by atoms with Crippen molar-refractivity contribution in [1.29, 1.82) is 0 Å². The highest BCUT2D eigenvalue weighted by molar-refractivity contribution is 6.35. The number of nitrogens with zero attached hydrogens (tertiary/aromatic N) is 4. The Morgan fingerprint density at radius 3 is 2.72 bits per heavy atom. The van der Waals surface area contributed by atoms with Crippen molar-refractivity contribution in [3.05, 3.63) is 58.1 Å². The van der Waals surface area contributed by atoms with Gasteiger partial charge in [0, 0.05) is 23.5 Å². The summed E-state index contributed by atoms with van der Waals surface area (Å²) in [4.78, 5) is 42.2. The first-order valence-corrected chi connectivity index (χ1v) is 12.1. The second-order valence-corrected chi connectivity index (χ2v) is 9.30. The number of halogens is 2. The predicted octanol–water partition coefficient (Wildman–Crippen LogP) is 4.30. The van der Waals surface area contributed by atoms with Crippen LogP contribution in [0.3, 0.4) is 0 Å². The summed E-state index contributed by atoms with van der Waals surface area (Å²) >= 11 is 12.6. The zero-order valence-corrected chi connectivity index (χ0v) is 20.5. The summed E-state index contributed by atoms with van der Waals surface area (Å²) in [6.45, 7) is 0.947. The number of fused-ring (bicyclic) bond motifs is 2. The zero-order valence-electron chi connectivity index (χ0n) is 19.0. The maximum absolute atomic E-state index is 12.9. The fourth-order valence-electron chi connectivity index (χ4n) is 4.23. The van der Waals surface area contributed by atoms with Crippen molar-refractivity contribution < 1.29 is 19.4 Å². The number of hydrogen-bond donors (Lipinski definition) is 3. The van der Waals surface area contributed by atoms with E-state index >= 15 is 0 Å². The van der Waals surface area contributed by atoms with Crippen LogP contribution >= 0.6 is 23.2 Å². The number of hydrogen-bond acceptors (Lipinski definition) is 7. The second-order valence-electron chi connectivity index (χ2n) is 8.46. The highest BCUT2D eigenvalue weighted by Crippen LogP contribution is 2.30. The van der Waals surface area contributed by atoms with E-state index < -0.39 is 18.6 Å². The highest BCUT2D eigenvalue weighted by atomic mass is 35.5. The number of carboxylic acid groups (broad SMARTS) is 1. The third kappa shape index (κ3) is 5.06. The summed E-state index contributed by atoms with van der Waals surface area (Å²) in [5.74, 6) is -0.256. The van der Waals surface area contributed by atoms with Crippen LogP contribution in [0.2, 0.25) is 10.0 Å². The molecule has 0 radical (unpaired) electrons. The van der Waals surface area contributed by atoms with Crippen LogP contribution in [0.5, 0.6) is 0 Å².